The number of hydrogen-bond donors (Lipinski definition) is 0. The summed E-state index contributed by atoms with van der Waals surface area (Å²) < 4.78 is 26.5. The number of aromatic nitrogens is 4. The predicted octanol–water partition coefficient (Wildman–Crippen LogP) is 17.5. The Hall–Kier alpha value is -9.24. The monoisotopic (exact) mass is 916 g/mol. The lowest BCUT2D eigenvalue weighted by Crippen LogP contribution is -1.94. The number of oxazole rings is 2. The zero-order valence-corrected chi connectivity index (χ0v) is 38.0. The zero-order valence-electron chi connectivity index (χ0n) is 37.2. The van der Waals surface area contributed by atoms with E-state index in [4.69, 9.17) is 23.2 Å². The molecule has 0 fully saturated rings. The number of benzene rings is 10. The minimum absolute atomic E-state index is 0.629. The topological polar surface area (TPSA) is 75.1 Å². The van der Waals surface area contributed by atoms with E-state index in [1.54, 1.807) is 0 Å². The van der Waals surface area contributed by atoms with Gasteiger partial charge in [0.25, 0.3) is 0 Å². The Labute approximate surface area is 402 Å². The van der Waals surface area contributed by atoms with Crippen LogP contribution in [0.3, 0.4) is 0 Å². The third kappa shape index (κ3) is 5.74. The quantitative estimate of drug-likeness (QED) is 0.176. The third-order valence-electron chi connectivity index (χ3n) is 13.7. The maximum atomic E-state index is 6.44. The summed E-state index contributed by atoms with van der Waals surface area (Å²) in [5.74, 6) is 1.28. The first-order valence-corrected chi connectivity index (χ1v) is 24.1. The van der Waals surface area contributed by atoms with Gasteiger partial charge in [-0.15, -0.1) is 11.3 Å². The Morgan fingerprint density at radius 2 is 0.814 bits per heavy atom. The van der Waals surface area contributed by atoms with Gasteiger partial charge in [0.15, 0.2) is 16.7 Å². The van der Waals surface area contributed by atoms with Crippen LogP contribution in [-0.2, 0) is 0 Å². The van der Waals surface area contributed by atoms with Gasteiger partial charge in [-0.25, -0.2) is 9.97 Å². The molecule has 0 saturated heterocycles. The number of nitrogens with zero attached hydrogens (tertiary/aromatic N) is 4. The molecule has 0 atom stereocenters. The van der Waals surface area contributed by atoms with E-state index >= 15 is 0 Å². The van der Waals surface area contributed by atoms with Gasteiger partial charge in [0.05, 0.1) is 48.9 Å². The molecule has 0 aliphatic carbocycles. The molecule has 0 bridgehead atoms. The van der Waals surface area contributed by atoms with Crippen molar-refractivity contribution in [2.24, 2.45) is 0 Å². The first-order valence-electron chi connectivity index (χ1n) is 23.3. The normalized spacial score (nSPS) is 12.0. The minimum Gasteiger partial charge on any atom is -0.454 e. The highest BCUT2D eigenvalue weighted by atomic mass is 32.1. The van der Waals surface area contributed by atoms with Crippen molar-refractivity contribution >= 4 is 119 Å². The van der Waals surface area contributed by atoms with Crippen molar-refractivity contribution in [3.05, 3.63) is 218 Å². The van der Waals surface area contributed by atoms with Crippen molar-refractivity contribution in [2.45, 2.75) is 0 Å². The maximum Gasteiger partial charge on any atom is 0.227 e. The summed E-state index contributed by atoms with van der Waals surface area (Å²) in [6.45, 7) is 0. The van der Waals surface area contributed by atoms with Gasteiger partial charge in [0.1, 0.15) is 16.6 Å². The van der Waals surface area contributed by atoms with Gasteiger partial charge in [-0.3, -0.25) is 0 Å². The largest absolute Gasteiger partial charge is 0.454 e. The molecule has 0 spiro atoms. The maximum absolute atomic E-state index is 6.44. The Morgan fingerprint density at radius 3 is 1.44 bits per heavy atom. The Kier molecular flexibility index (Phi) is 8.39. The van der Waals surface area contributed by atoms with Gasteiger partial charge in [-0.1, -0.05) is 133 Å². The van der Waals surface area contributed by atoms with Gasteiger partial charge < -0.3 is 22.4 Å². The van der Waals surface area contributed by atoms with E-state index in [9.17, 15) is 0 Å². The predicted molar refractivity (Wildman–Crippen MR) is 288 cm³/mol. The molecule has 0 unspecified atom stereocenters. The Bertz CT molecular complexity index is 4420. The van der Waals surface area contributed by atoms with Gasteiger partial charge in [-0.05, 0) is 84.9 Å². The summed E-state index contributed by atoms with van der Waals surface area (Å²) >= 11 is 1.85. The van der Waals surface area contributed by atoms with Crippen LogP contribution in [0.1, 0.15) is 0 Å². The molecule has 6 aromatic heterocycles. The number of rotatable bonds is 4. The molecule has 328 valence electrons. The van der Waals surface area contributed by atoms with Crippen LogP contribution >= 0.6 is 11.3 Å². The van der Waals surface area contributed by atoms with E-state index in [2.05, 4.69) is 149 Å². The fraction of sp³-hybridized carbons (Fsp3) is 0. The third-order valence-corrected chi connectivity index (χ3v) is 14.9. The molecular formula is C62H36N4O3S. The summed E-state index contributed by atoms with van der Waals surface area (Å²) in [6, 6.07) is 75.4. The molecule has 16 aromatic rings. The number of fused-ring (bicyclic) bond motifs is 16. The molecule has 8 heteroatoms. The van der Waals surface area contributed by atoms with E-state index in [-0.39, 0.29) is 0 Å². The summed E-state index contributed by atoms with van der Waals surface area (Å²) in [5.41, 5.74) is 13.7. The van der Waals surface area contributed by atoms with Gasteiger partial charge in [-0.2, -0.15) is 0 Å². The fourth-order valence-electron chi connectivity index (χ4n) is 10.6. The van der Waals surface area contributed by atoms with Crippen LogP contribution in [0.5, 0.6) is 0 Å². The highest BCUT2D eigenvalue weighted by Gasteiger charge is 2.23. The number of para-hydroxylation sites is 4. The van der Waals surface area contributed by atoms with E-state index in [0.29, 0.717) is 11.8 Å². The van der Waals surface area contributed by atoms with Gasteiger partial charge in [0.2, 0.25) is 11.8 Å². The second kappa shape index (κ2) is 15.1. The standard InChI is InChI=1S/C31H18N2O2.C31H18N2OS/c1-2-9-19(10-3-1)31-32-23-17-18-25-28(30(23)35-31)22-12-4-6-14-24(22)33(25)26-15-8-13-21-20-11-5-7-16-27(20)34-29(21)26;1-2-9-19(10-3-1)31-32-23-17-18-25-28(29(23)34-31)22-12-4-6-14-24(22)33(25)26-15-8-13-21-20-11-5-7-16-27(20)35-30(21)26/h2*1-18H. The highest BCUT2D eigenvalue weighted by Crippen LogP contribution is 2.44. The lowest BCUT2D eigenvalue weighted by molar-refractivity contribution is 0.622. The number of thiophene rings is 1. The van der Waals surface area contributed by atoms with E-state index < -0.39 is 0 Å². The lowest BCUT2D eigenvalue weighted by atomic mass is 10.1. The molecule has 10 aromatic carbocycles. The van der Waals surface area contributed by atoms with Crippen molar-refractivity contribution in [2.75, 3.05) is 0 Å². The Balaban J connectivity index is 0.000000126. The molecule has 0 N–H and O–H groups in total. The van der Waals surface area contributed by atoms with Gasteiger partial charge in [0, 0.05) is 48.1 Å². The molecule has 7 nitrogen and oxygen atoms in total. The zero-order chi connectivity index (χ0) is 45.9. The lowest BCUT2D eigenvalue weighted by Gasteiger charge is -2.09. The highest BCUT2D eigenvalue weighted by molar-refractivity contribution is 7.26. The molecule has 0 radical (unpaired) electrons. The summed E-state index contributed by atoms with van der Waals surface area (Å²) in [6.07, 6.45) is 0. The molecule has 6 heterocycles. The number of furan rings is 1. The van der Waals surface area contributed by atoms with Gasteiger partial charge >= 0.3 is 0 Å². The first kappa shape index (κ1) is 38.8. The fourth-order valence-corrected chi connectivity index (χ4v) is 11.8. The molecule has 16 rings (SSSR count). The molecular weight excluding hydrogens is 881 g/mol. The molecule has 70 heavy (non-hydrogen) atoms. The van der Waals surface area contributed by atoms with Crippen LogP contribution in [0.4, 0.5) is 0 Å². The molecule has 0 amide bonds. The summed E-state index contributed by atoms with van der Waals surface area (Å²) in [7, 11) is 0. The Morgan fingerprint density at radius 1 is 0.329 bits per heavy atom. The average Bonchev–Trinajstić information content (AvgIpc) is 4.29. The van der Waals surface area contributed by atoms with Crippen LogP contribution in [0.2, 0.25) is 0 Å². The van der Waals surface area contributed by atoms with Crippen molar-refractivity contribution in [3.63, 3.8) is 0 Å². The molecule has 0 aliphatic rings. The van der Waals surface area contributed by atoms with Crippen molar-refractivity contribution in [3.8, 4) is 34.3 Å². The van der Waals surface area contributed by atoms with E-state index in [0.717, 1.165) is 99.2 Å². The van der Waals surface area contributed by atoms with Crippen LogP contribution in [-0.4, -0.2) is 19.1 Å². The minimum atomic E-state index is 0.629. The van der Waals surface area contributed by atoms with Crippen LogP contribution in [0.25, 0.3) is 142 Å². The summed E-state index contributed by atoms with van der Waals surface area (Å²) in [5, 5.41) is 9.28. The first-order chi connectivity index (χ1) is 34.7. The molecule has 0 saturated carbocycles. The van der Waals surface area contributed by atoms with E-state index in [1.165, 1.54) is 31.2 Å². The van der Waals surface area contributed by atoms with Crippen molar-refractivity contribution in [1.29, 1.82) is 0 Å². The van der Waals surface area contributed by atoms with Crippen LogP contribution < -0.4 is 0 Å². The summed E-state index contributed by atoms with van der Waals surface area (Å²) in [4.78, 5) is 9.63. The molecule has 0 aliphatic heterocycles. The van der Waals surface area contributed by atoms with Crippen molar-refractivity contribution < 1.29 is 13.3 Å². The second-order valence-electron chi connectivity index (χ2n) is 17.6. The SMILES string of the molecule is c1ccc(-c2nc3ccc4c(c5ccccc5n4-c4cccc5c4oc4ccccc45)c3o2)cc1.c1ccc(-c2nc3ccc4c(c5ccccc5n4-c4cccc5c4sc4ccccc45)c3o2)cc1. The number of hydrogen-bond acceptors (Lipinski definition) is 6. The smallest absolute Gasteiger partial charge is 0.227 e. The van der Waals surface area contributed by atoms with Crippen LogP contribution in [0.15, 0.2) is 232 Å². The van der Waals surface area contributed by atoms with Crippen LogP contribution in [0, 0.1) is 0 Å². The van der Waals surface area contributed by atoms with E-state index in [1.807, 2.05) is 90.2 Å². The average molecular weight is 917 g/mol. The second-order valence-corrected chi connectivity index (χ2v) is 18.6. The van der Waals surface area contributed by atoms with Crippen molar-refractivity contribution in [1.82, 2.24) is 19.1 Å².